The van der Waals surface area contributed by atoms with Crippen molar-refractivity contribution in [3.05, 3.63) is 51.5 Å². The van der Waals surface area contributed by atoms with Gasteiger partial charge in [0.1, 0.15) is 0 Å². The number of aryl methyl sites for hydroxylation is 1. The monoisotopic (exact) mass is 317 g/mol. The van der Waals surface area contributed by atoms with Crippen LogP contribution in [0.15, 0.2) is 29.6 Å². The largest absolute Gasteiger partial charge is 0.390 e. The Morgan fingerprint density at radius 2 is 2.27 bits per heavy atom. The Bertz CT molecular complexity index is 671. The molecule has 1 aliphatic rings. The van der Waals surface area contributed by atoms with Gasteiger partial charge in [0, 0.05) is 11.8 Å². The van der Waals surface area contributed by atoms with Gasteiger partial charge in [-0.1, -0.05) is 31.2 Å². The standard InChI is InChI=1S/C16H19N3O2S/c1-2-14-18-11(9-22-14)8-17-16(21)19-15-12-6-4-3-5-10(12)7-13(15)20/h3-6,9,13,15,20H,2,7-8H2,1H3,(H2,17,19,21)/t13-,15+/m0/s1. The molecule has 6 heteroatoms. The van der Waals surface area contributed by atoms with Gasteiger partial charge in [0.05, 0.1) is 29.4 Å². The SMILES string of the molecule is CCc1nc(CNC(=O)N[C@@H]2c3ccccc3C[C@@H]2O)cs1. The summed E-state index contributed by atoms with van der Waals surface area (Å²) < 4.78 is 0. The lowest BCUT2D eigenvalue weighted by atomic mass is 10.1. The van der Waals surface area contributed by atoms with Crippen molar-refractivity contribution < 1.29 is 9.90 Å². The van der Waals surface area contributed by atoms with E-state index >= 15 is 0 Å². The highest BCUT2D eigenvalue weighted by Gasteiger charge is 2.31. The van der Waals surface area contributed by atoms with Crippen LogP contribution in [0.4, 0.5) is 4.79 Å². The smallest absolute Gasteiger partial charge is 0.315 e. The number of benzene rings is 1. The number of carbonyl (C=O) groups is 1. The fourth-order valence-corrected chi connectivity index (χ4v) is 3.45. The molecule has 2 amide bonds. The first-order valence-corrected chi connectivity index (χ1v) is 8.29. The highest BCUT2D eigenvalue weighted by Crippen LogP contribution is 2.31. The van der Waals surface area contributed by atoms with Crippen LogP contribution >= 0.6 is 11.3 Å². The summed E-state index contributed by atoms with van der Waals surface area (Å²) in [6.07, 6.45) is 0.906. The van der Waals surface area contributed by atoms with Gasteiger partial charge in [0.2, 0.25) is 0 Å². The molecule has 1 aromatic carbocycles. The number of hydrogen-bond acceptors (Lipinski definition) is 4. The highest BCUT2D eigenvalue weighted by atomic mass is 32.1. The van der Waals surface area contributed by atoms with Crippen LogP contribution in [-0.4, -0.2) is 22.2 Å². The number of amides is 2. The molecule has 0 unspecified atom stereocenters. The third-order valence-corrected chi connectivity index (χ3v) is 4.86. The molecule has 0 radical (unpaired) electrons. The van der Waals surface area contributed by atoms with Crippen molar-refractivity contribution in [2.45, 2.75) is 38.5 Å². The maximum absolute atomic E-state index is 12.0. The molecule has 3 N–H and O–H groups in total. The number of thiazole rings is 1. The lowest BCUT2D eigenvalue weighted by molar-refractivity contribution is 0.142. The normalized spacial score (nSPS) is 19.7. The Hall–Kier alpha value is -1.92. The van der Waals surface area contributed by atoms with Crippen molar-refractivity contribution in [2.24, 2.45) is 0 Å². The second kappa shape index (κ2) is 6.46. The Morgan fingerprint density at radius 3 is 3.05 bits per heavy atom. The number of carbonyl (C=O) groups excluding carboxylic acids is 1. The molecule has 0 saturated carbocycles. The van der Waals surface area contributed by atoms with Crippen molar-refractivity contribution in [1.29, 1.82) is 0 Å². The molecule has 3 rings (SSSR count). The van der Waals surface area contributed by atoms with E-state index in [9.17, 15) is 9.90 Å². The van der Waals surface area contributed by atoms with Crippen molar-refractivity contribution in [3.8, 4) is 0 Å². The highest BCUT2D eigenvalue weighted by molar-refractivity contribution is 7.09. The van der Waals surface area contributed by atoms with Gasteiger partial charge < -0.3 is 15.7 Å². The molecule has 22 heavy (non-hydrogen) atoms. The molecular formula is C16H19N3O2S. The molecule has 0 aliphatic heterocycles. The number of aromatic nitrogens is 1. The van der Waals surface area contributed by atoms with Crippen LogP contribution in [0.5, 0.6) is 0 Å². The fraction of sp³-hybridized carbons (Fsp3) is 0.375. The van der Waals surface area contributed by atoms with E-state index in [0.717, 1.165) is 28.2 Å². The van der Waals surface area contributed by atoms with Crippen LogP contribution in [0.25, 0.3) is 0 Å². The molecule has 2 aromatic rings. The number of nitrogens with zero attached hydrogens (tertiary/aromatic N) is 1. The number of fused-ring (bicyclic) bond motifs is 1. The summed E-state index contributed by atoms with van der Waals surface area (Å²) in [4.78, 5) is 16.5. The number of nitrogens with one attached hydrogen (secondary N) is 2. The second-order valence-electron chi connectivity index (χ2n) is 5.36. The van der Waals surface area contributed by atoms with Gasteiger partial charge in [-0.25, -0.2) is 9.78 Å². The number of aliphatic hydroxyl groups is 1. The molecule has 1 heterocycles. The molecule has 0 spiro atoms. The summed E-state index contributed by atoms with van der Waals surface area (Å²) >= 11 is 1.60. The molecule has 0 saturated heterocycles. The summed E-state index contributed by atoms with van der Waals surface area (Å²) in [5.74, 6) is 0. The molecule has 0 fully saturated rings. The minimum absolute atomic E-state index is 0.285. The van der Waals surface area contributed by atoms with Crippen LogP contribution in [0.2, 0.25) is 0 Å². The van der Waals surface area contributed by atoms with E-state index in [2.05, 4.69) is 22.5 Å². The van der Waals surface area contributed by atoms with Crippen molar-refractivity contribution >= 4 is 17.4 Å². The first-order valence-electron chi connectivity index (χ1n) is 7.41. The van der Waals surface area contributed by atoms with E-state index in [0.29, 0.717) is 13.0 Å². The van der Waals surface area contributed by atoms with Crippen LogP contribution in [-0.2, 0) is 19.4 Å². The first-order chi connectivity index (χ1) is 10.7. The summed E-state index contributed by atoms with van der Waals surface area (Å²) in [5, 5.41) is 18.8. The van der Waals surface area contributed by atoms with Gasteiger partial charge in [-0.15, -0.1) is 11.3 Å². The first kappa shape index (κ1) is 15.0. The maximum atomic E-state index is 12.0. The summed E-state index contributed by atoms with van der Waals surface area (Å²) in [5.41, 5.74) is 2.95. The number of rotatable bonds is 4. The Balaban J connectivity index is 1.58. The lowest BCUT2D eigenvalue weighted by Crippen LogP contribution is -2.40. The van der Waals surface area contributed by atoms with E-state index in [-0.39, 0.29) is 12.1 Å². The maximum Gasteiger partial charge on any atom is 0.315 e. The molecule has 5 nitrogen and oxygen atoms in total. The second-order valence-corrected chi connectivity index (χ2v) is 6.30. The topological polar surface area (TPSA) is 74.2 Å². The minimum atomic E-state index is -0.575. The molecule has 1 aliphatic carbocycles. The molecule has 116 valence electrons. The Labute approximate surface area is 133 Å². The number of aliphatic hydroxyl groups excluding tert-OH is 1. The average molecular weight is 317 g/mol. The molecule has 2 atom stereocenters. The summed E-state index contributed by atoms with van der Waals surface area (Å²) in [6, 6.07) is 7.17. The molecule has 0 bridgehead atoms. The summed E-state index contributed by atoms with van der Waals surface area (Å²) in [7, 11) is 0. The van der Waals surface area contributed by atoms with Crippen LogP contribution in [0.1, 0.15) is 34.8 Å². The van der Waals surface area contributed by atoms with Crippen molar-refractivity contribution in [2.75, 3.05) is 0 Å². The van der Waals surface area contributed by atoms with E-state index in [4.69, 9.17) is 0 Å². The van der Waals surface area contributed by atoms with Crippen LogP contribution < -0.4 is 10.6 Å². The zero-order valence-corrected chi connectivity index (χ0v) is 13.2. The van der Waals surface area contributed by atoms with Crippen LogP contribution in [0.3, 0.4) is 0 Å². The average Bonchev–Trinajstić information content (AvgIpc) is 3.10. The fourth-order valence-electron chi connectivity index (χ4n) is 2.70. The van der Waals surface area contributed by atoms with Gasteiger partial charge in [0.15, 0.2) is 0 Å². The number of urea groups is 1. The predicted octanol–water partition coefficient (Wildman–Crippen LogP) is 2.16. The van der Waals surface area contributed by atoms with Gasteiger partial charge in [-0.2, -0.15) is 0 Å². The Kier molecular flexibility index (Phi) is 4.40. The zero-order chi connectivity index (χ0) is 15.5. The quantitative estimate of drug-likeness (QED) is 0.809. The van der Waals surface area contributed by atoms with Gasteiger partial charge >= 0.3 is 6.03 Å². The Morgan fingerprint density at radius 1 is 1.45 bits per heavy atom. The zero-order valence-electron chi connectivity index (χ0n) is 12.4. The predicted molar refractivity (Wildman–Crippen MR) is 85.8 cm³/mol. The van der Waals surface area contributed by atoms with E-state index < -0.39 is 6.10 Å². The van der Waals surface area contributed by atoms with E-state index in [1.54, 1.807) is 11.3 Å². The lowest BCUT2D eigenvalue weighted by Gasteiger charge is -2.18. The van der Waals surface area contributed by atoms with Gasteiger partial charge in [0.25, 0.3) is 0 Å². The van der Waals surface area contributed by atoms with Gasteiger partial charge in [-0.3, -0.25) is 0 Å². The third-order valence-electron chi connectivity index (χ3n) is 3.82. The molecular weight excluding hydrogens is 298 g/mol. The van der Waals surface area contributed by atoms with Crippen LogP contribution in [0, 0.1) is 0 Å². The van der Waals surface area contributed by atoms with E-state index in [1.165, 1.54) is 0 Å². The van der Waals surface area contributed by atoms with Crippen molar-refractivity contribution in [1.82, 2.24) is 15.6 Å². The molecule has 1 aromatic heterocycles. The van der Waals surface area contributed by atoms with E-state index in [1.807, 2.05) is 29.6 Å². The third kappa shape index (κ3) is 3.13. The minimum Gasteiger partial charge on any atom is -0.390 e. The van der Waals surface area contributed by atoms with Gasteiger partial charge in [-0.05, 0) is 17.5 Å². The number of hydrogen-bond donors (Lipinski definition) is 3. The van der Waals surface area contributed by atoms with Crippen molar-refractivity contribution in [3.63, 3.8) is 0 Å². The summed E-state index contributed by atoms with van der Waals surface area (Å²) in [6.45, 7) is 2.45.